The van der Waals surface area contributed by atoms with Gasteiger partial charge in [-0.2, -0.15) is 0 Å². The lowest BCUT2D eigenvalue weighted by molar-refractivity contribution is -0.126. The van der Waals surface area contributed by atoms with Gasteiger partial charge in [-0.25, -0.2) is 0 Å². The highest BCUT2D eigenvalue weighted by atomic mass is 35.5. The van der Waals surface area contributed by atoms with E-state index in [1.54, 1.807) is 0 Å². The number of nitrogens with one attached hydrogen (secondary N) is 1. The number of benzene rings is 1. The Morgan fingerprint density at radius 2 is 1.95 bits per heavy atom. The molecule has 2 heterocycles. The molecule has 0 aromatic heterocycles. The number of nitrogens with zero attached hydrogens (tertiary/aromatic N) is 1. The van der Waals surface area contributed by atoms with E-state index in [1.807, 2.05) is 29.2 Å². The second-order valence-corrected chi connectivity index (χ2v) is 7.16. The van der Waals surface area contributed by atoms with Gasteiger partial charge in [-0.1, -0.05) is 18.5 Å². The number of amides is 1. The van der Waals surface area contributed by atoms with Crippen molar-refractivity contribution in [2.75, 3.05) is 37.7 Å². The van der Waals surface area contributed by atoms with Crippen LogP contribution >= 0.6 is 11.6 Å². The van der Waals surface area contributed by atoms with Gasteiger partial charge in [-0.15, -0.1) is 0 Å². The molecule has 0 bridgehead atoms. The standard InChI is InChI=1S/C17H23ClN2O2/c1-17(11-22-12-17)10-20(15-4-2-14(18)3-5-15)16(21)13-6-8-19-9-7-13/h2-5,13,19H,6-12H2,1H3. The van der Waals surface area contributed by atoms with Crippen molar-refractivity contribution in [3.63, 3.8) is 0 Å². The van der Waals surface area contributed by atoms with Crippen molar-refractivity contribution in [3.05, 3.63) is 29.3 Å². The number of carbonyl (C=O) groups is 1. The van der Waals surface area contributed by atoms with Crippen LogP contribution in [-0.4, -0.2) is 38.8 Å². The Labute approximate surface area is 136 Å². The number of anilines is 1. The zero-order valence-electron chi connectivity index (χ0n) is 13.0. The molecule has 3 rings (SSSR count). The highest BCUT2D eigenvalue weighted by molar-refractivity contribution is 6.30. The molecule has 5 heteroatoms. The summed E-state index contributed by atoms with van der Waals surface area (Å²) in [7, 11) is 0. The SMILES string of the molecule is CC1(CN(C(=O)C2CCNCC2)c2ccc(Cl)cc2)COC1. The smallest absolute Gasteiger partial charge is 0.230 e. The number of hydrogen-bond donors (Lipinski definition) is 1. The number of carbonyl (C=O) groups excluding carboxylic acids is 1. The molecule has 0 saturated carbocycles. The zero-order valence-corrected chi connectivity index (χ0v) is 13.7. The highest BCUT2D eigenvalue weighted by Crippen LogP contribution is 2.32. The normalized spacial score (nSPS) is 21.2. The maximum absolute atomic E-state index is 13.0. The highest BCUT2D eigenvalue weighted by Gasteiger charge is 2.38. The topological polar surface area (TPSA) is 41.6 Å². The first-order valence-corrected chi connectivity index (χ1v) is 8.31. The van der Waals surface area contributed by atoms with Gasteiger partial charge in [0.2, 0.25) is 5.91 Å². The fourth-order valence-corrected chi connectivity index (χ4v) is 3.26. The molecule has 1 aromatic carbocycles. The largest absolute Gasteiger partial charge is 0.380 e. The Bertz CT molecular complexity index is 522. The van der Waals surface area contributed by atoms with Gasteiger partial charge < -0.3 is 15.0 Å². The number of rotatable bonds is 4. The van der Waals surface area contributed by atoms with Crippen molar-refractivity contribution in [1.29, 1.82) is 0 Å². The van der Waals surface area contributed by atoms with E-state index < -0.39 is 0 Å². The van der Waals surface area contributed by atoms with Gasteiger partial charge in [0.15, 0.2) is 0 Å². The molecule has 0 spiro atoms. The third-order valence-corrected chi connectivity index (χ3v) is 4.79. The first-order valence-electron chi connectivity index (χ1n) is 7.93. The quantitative estimate of drug-likeness (QED) is 0.926. The number of ether oxygens (including phenoxy) is 1. The number of piperidine rings is 1. The van der Waals surface area contributed by atoms with E-state index in [-0.39, 0.29) is 17.2 Å². The van der Waals surface area contributed by atoms with Crippen LogP contribution in [0.15, 0.2) is 24.3 Å². The summed E-state index contributed by atoms with van der Waals surface area (Å²) in [6.45, 7) is 6.16. The van der Waals surface area contributed by atoms with E-state index in [0.717, 1.165) is 44.8 Å². The van der Waals surface area contributed by atoms with Crippen LogP contribution in [0.1, 0.15) is 19.8 Å². The van der Waals surface area contributed by atoms with E-state index in [4.69, 9.17) is 16.3 Å². The lowest BCUT2D eigenvalue weighted by atomic mass is 9.86. The molecule has 1 aromatic rings. The van der Waals surface area contributed by atoms with Crippen molar-refractivity contribution in [2.24, 2.45) is 11.3 Å². The predicted octanol–water partition coefficient (Wildman–Crippen LogP) is 2.71. The summed E-state index contributed by atoms with van der Waals surface area (Å²) in [5, 5.41) is 4.01. The third-order valence-electron chi connectivity index (χ3n) is 4.53. The van der Waals surface area contributed by atoms with Crippen LogP contribution in [0.25, 0.3) is 0 Å². The first-order chi connectivity index (χ1) is 10.6. The van der Waals surface area contributed by atoms with Crippen LogP contribution in [0.4, 0.5) is 5.69 Å². The molecule has 120 valence electrons. The molecular formula is C17H23ClN2O2. The molecule has 4 nitrogen and oxygen atoms in total. The monoisotopic (exact) mass is 322 g/mol. The van der Waals surface area contributed by atoms with Gasteiger partial charge in [0.25, 0.3) is 0 Å². The van der Waals surface area contributed by atoms with Gasteiger partial charge >= 0.3 is 0 Å². The minimum atomic E-state index is 0.0578. The van der Waals surface area contributed by atoms with Crippen LogP contribution in [0.3, 0.4) is 0 Å². The van der Waals surface area contributed by atoms with Crippen LogP contribution in [0.5, 0.6) is 0 Å². The minimum Gasteiger partial charge on any atom is -0.380 e. The Morgan fingerprint density at radius 3 is 2.50 bits per heavy atom. The summed E-state index contributed by atoms with van der Waals surface area (Å²) in [6, 6.07) is 7.56. The van der Waals surface area contributed by atoms with Gasteiger partial charge in [0.05, 0.1) is 13.2 Å². The summed E-state index contributed by atoms with van der Waals surface area (Å²) in [4.78, 5) is 15.0. The van der Waals surface area contributed by atoms with Crippen molar-refractivity contribution < 1.29 is 9.53 Å². The zero-order chi connectivity index (χ0) is 15.6. The summed E-state index contributed by atoms with van der Waals surface area (Å²) >= 11 is 5.98. The van der Waals surface area contributed by atoms with Crippen LogP contribution < -0.4 is 10.2 Å². The average Bonchev–Trinajstić information content (AvgIpc) is 2.52. The second kappa shape index (κ2) is 6.57. The van der Waals surface area contributed by atoms with Crippen molar-refractivity contribution in [3.8, 4) is 0 Å². The van der Waals surface area contributed by atoms with Gasteiger partial charge in [0.1, 0.15) is 0 Å². The number of halogens is 1. The van der Waals surface area contributed by atoms with Crippen molar-refractivity contribution in [2.45, 2.75) is 19.8 Å². The van der Waals surface area contributed by atoms with E-state index in [1.165, 1.54) is 0 Å². The fraction of sp³-hybridized carbons (Fsp3) is 0.588. The molecule has 1 N–H and O–H groups in total. The van der Waals surface area contributed by atoms with E-state index in [0.29, 0.717) is 11.6 Å². The molecule has 0 atom stereocenters. The Kier molecular flexibility index (Phi) is 4.71. The second-order valence-electron chi connectivity index (χ2n) is 6.73. The predicted molar refractivity (Wildman–Crippen MR) is 88.3 cm³/mol. The maximum atomic E-state index is 13.0. The van der Waals surface area contributed by atoms with Crippen LogP contribution in [-0.2, 0) is 9.53 Å². The van der Waals surface area contributed by atoms with Gasteiger partial charge in [-0.05, 0) is 50.2 Å². The lowest BCUT2D eigenvalue weighted by Crippen LogP contribution is -2.52. The maximum Gasteiger partial charge on any atom is 0.230 e. The third kappa shape index (κ3) is 3.45. The molecule has 1 amide bonds. The van der Waals surface area contributed by atoms with Gasteiger partial charge in [-0.3, -0.25) is 4.79 Å². The summed E-state index contributed by atoms with van der Waals surface area (Å²) in [5.41, 5.74) is 0.989. The molecule has 2 aliphatic rings. The Balaban J connectivity index is 1.81. The average molecular weight is 323 g/mol. The fourth-order valence-electron chi connectivity index (χ4n) is 3.13. The molecule has 22 heavy (non-hydrogen) atoms. The molecule has 0 unspecified atom stereocenters. The van der Waals surface area contributed by atoms with E-state index >= 15 is 0 Å². The first kappa shape index (κ1) is 15.8. The molecule has 2 fully saturated rings. The van der Waals surface area contributed by atoms with Crippen molar-refractivity contribution >= 4 is 23.2 Å². The molecule has 2 saturated heterocycles. The summed E-state index contributed by atoms with van der Waals surface area (Å²) < 4.78 is 5.35. The van der Waals surface area contributed by atoms with Crippen molar-refractivity contribution in [1.82, 2.24) is 5.32 Å². The van der Waals surface area contributed by atoms with E-state index in [9.17, 15) is 4.79 Å². The summed E-state index contributed by atoms with van der Waals surface area (Å²) in [6.07, 6.45) is 1.83. The van der Waals surface area contributed by atoms with Gasteiger partial charge in [0, 0.05) is 28.6 Å². The van der Waals surface area contributed by atoms with Crippen LogP contribution in [0.2, 0.25) is 5.02 Å². The lowest BCUT2D eigenvalue weighted by Gasteiger charge is -2.42. The minimum absolute atomic E-state index is 0.0578. The Morgan fingerprint density at radius 1 is 1.32 bits per heavy atom. The summed E-state index contributed by atoms with van der Waals surface area (Å²) in [5.74, 6) is 0.346. The Hall–Kier alpha value is -1.10. The van der Waals surface area contributed by atoms with E-state index in [2.05, 4.69) is 12.2 Å². The number of hydrogen-bond acceptors (Lipinski definition) is 3. The molecule has 2 aliphatic heterocycles. The molecule has 0 aliphatic carbocycles. The molecular weight excluding hydrogens is 300 g/mol. The molecule has 0 radical (unpaired) electrons. The van der Waals surface area contributed by atoms with Crippen LogP contribution in [0, 0.1) is 11.3 Å².